The van der Waals surface area contributed by atoms with Crippen LogP contribution in [0.2, 0.25) is 0 Å². The van der Waals surface area contributed by atoms with Crippen molar-refractivity contribution in [3.05, 3.63) is 47.3 Å². The Labute approximate surface area is 177 Å². The minimum atomic E-state index is -0.416. The Hall–Kier alpha value is -3.63. The van der Waals surface area contributed by atoms with Crippen LogP contribution in [0.5, 0.6) is 0 Å². The van der Waals surface area contributed by atoms with Crippen LogP contribution in [0.4, 0.5) is 10.2 Å². The number of fused-ring (bicyclic) bond motifs is 1. The van der Waals surface area contributed by atoms with E-state index in [1.165, 1.54) is 10.7 Å². The number of amides is 2. The molecule has 0 radical (unpaired) electrons. The highest BCUT2D eigenvalue weighted by molar-refractivity contribution is 5.94. The standard InChI is InChI=1S/C20H23FN8O2/c1-13-2-3-15(12-16(13)21)20(31)23-9-8-22-19(30)14-6-10-28(11-7-14)18-5-4-17-24-26-27-29(17)25-18/h2-5,12,14H,6-11H2,1H3,(H,22,30)(H,23,31). The molecule has 0 aliphatic carbocycles. The molecule has 2 N–H and O–H groups in total. The Morgan fingerprint density at radius 1 is 1.13 bits per heavy atom. The molecular formula is C20H23FN8O2. The van der Waals surface area contributed by atoms with Crippen LogP contribution in [0.1, 0.15) is 28.8 Å². The summed E-state index contributed by atoms with van der Waals surface area (Å²) in [5, 5.41) is 21.2. The molecule has 31 heavy (non-hydrogen) atoms. The van der Waals surface area contributed by atoms with Crippen molar-refractivity contribution in [3.63, 3.8) is 0 Å². The van der Waals surface area contributed by atoms with Gasteiger partial charge in [-0.25, -0.2) is 4.39 Å². The number of benzene rings is 1. The summed E-state index contributed by atoms with van der Waals surface area (Å²) in [7, 11) is 0. The van der Waals surface area contributed by atoms with Crippen LogP contribution in [0.3, 0.4) is 0 Å². The zero-order chi connectivity index (χ0) is 21.8. The number of aryl methyl sites for hydroxylation is 1. The van der Waals surface area contributed by atoms with Gasteiger partial charge in [-0.1, -0.05) is 6.07 Å². The van der Waals surface area contributed by atoms with Gasteiger partial charge in [-0.05, 0) is 60.0 Å². The third-order valence-corrected chi connectivity index (χ3v) is 5.39. The van der Waals surface area contributed by atoms with Crippen LogP contribution in [0, 0.1) is 18.7 Å². The summed E-state index contributed by atoms with van der Waals surface area (Å²) in [4.78, 5) is 26.6. The fraction of sp³-hybridized carbons (Fsp3) is 0.400. The Morgan fingerprint density at radius 2 is 1.90 bits per heavy atom. The van der Waals surface area contributed by atoms with Gasteiger partial charge in [0.1, 0.15) is 5.82 Å². The lowest BCUT2D eigenvalue weighted by Gasteiger charge is -2.31. The molecule has 0 saturated carbocycles. The molecule has 0 atom stereocenters. The number of hydrogen-bond donors (Lipinski definition) is 2. The number of nitrogens with one attached hydrogen (secondary N) is 2. The molecule has 162 valence electrons. The van der Waals surface area contributed by atoms with Gasteiger partial charge in [0, 0.05) is 37.7 Å². The molecular weight excluding hydrogens is 403 g/mol. The molecule has 1 aliphatic rings. The van der Waals surface area contributed by atoms with E-state index < -0.39 is 5.82 Å². The minimum absolute atomic E-state index is 0.0285. The quantitative estimate of drug-likeness (QED) is 0.558. The van der Waals surface area contributed by atoms with E-state index in [0.29, 0.717) is 43.7 Å². The molecule has 10 nitrogen and oxygen atoms in total. The first-order valence-electron chi connectivity index (χ1n) is 10.1. The summed E-state index contributed by atoms with van der Waals surface area (Å²) in [5.74, 6) is -0.128. The molecule has 4 rings (SSSR count). The molecule has 3 heterocycles. The fourth-order valence-corrected chi connectivity index (χ4v) is 3.52. The summed E-state index contributed by atoms with van der Waals surface area (Å²) in [6, 6.07) is 8.03. The second kappa shape index (κ2) is 9.02. The maximum absolute atomic E-state index is 13.6. The van der Waals surface area contributed by atoms with Gasteiger partial charge >= 0.3 is 0 Å². The van der Waals surface area contributed by atoms with Crippen molar-refractivity contribution in [2.24, 2.45) is 5.92 Å². The van der Waals surface area contributed by atoms with Gasteiger partial charge in [0.05, 0.1) is 0 Å². The van der Waals surface area contributed by atoms with Gasteiger partial charge in [0.25, 0.3) is 5.91 Å². The Morgan fingerprint density at radius 3 is 2.68 bits per heavy atom. The highest BCUT2D eigenvalue weighted by Gasteiger charge is 2.25. The van der Waals surface area contributed by atoms with E-state index in [1.807, 2.05) is 6.07 Å². The second-order valence-corrected chi connectivity index (χ2v) is 7.49. The average Bonchev–Trinajstić information content (AvgIpc) is 3.26. The Balaban J connectivity index is 1.19. The average molecular weight is 426 g/mol. The van der Waals surface area contributed by atoms with Crippen molar-refractivity contribution in [2.45, 2.75) is 19.8 Å². The number of halogens is 1. The first-order chi connectivity index (χ1) is 15.0. The van der Waals surface area contributed by atoms with Crippen LogP contribution < -0.4 is 15.5 Å². The van der Waals surface area contributed by atoms with Crippen molar-refractivity contribution in [1.29, 1.82) is 0 Å². The van der Waals surface area contributed by atoms with E-state index in [-0.39, 0.29) is 29.8 Å². The summed E-state index contributed by atoms with van der Waals surface area (Å²) in [5.41, 5.74) is 1.33. The number of hydrogen-bond acceptors (Lipinski definition) is 7. The van der Waals surface area contributed by atoms with E-state index in [2.05, 4.69) is 36.2 Å². The van der Waals surface area contributed by atoms with Crippen LogP contribution >= 0.6 is 0 Å². The van der Waals surface area contributed by atoms with Crippen LogP contribution in [0.25, 0.3) is 5.65 Å². The van der Waals surface area contributed by atoms with Crippen molar-refractivity contribution >= 4 is 23.3 Å². The van der Waals surface area contributed by atoms with E-state index in [0.717, 1.165) is 5.82 Å². The molecule has 3 aromatic rings. The minimum Gasteiger partial charge on any atom is -0.355 e. The van der Waals surface area contributed by atoms with E-state index in [4.69, 9.17) is 0 Å². The fourth-order valence-electron chi connectivity index (χ4n) is 3.52. The molecule has 0 bridgehead atoms. The van der Waals surface area contributed by atoms with Gasteiger partial charge in [0.15, 0.2) is 11.5 Å². The molecule has 1 aliphatic heterocycles. The predicted octanol–water partition coefficient (Wildman–Crippen LogP) is 0.729. The molecule has 0 spiro atoms. The number of nitrogens with zero attached hydrogens (tertiary/aromatic N) is 6. The molecule has 2 aromatic heterocycles. The second-order valence-electron chi connectivity index (χ2n) is 7.49. The Bertz CT molecular complexity index is 1090. The Kier molecular flexibility index (Phi) is 6.01. The number of anilines is 1. The van der Waals surface area contributed by atoms with E-state index in [1.54, 1.807) is 25.1 Å². The largest absolute Gasteiger partial charge is 0.355 e. The summed E-state index contributed by atoms with van der Waals surface area (Å²) >= 11 is 0. The molecule has 2 amide bonds. The van der Waals surface area contributed by atoms with Crippen LogP contribution in [-0.2, 0) is 4.79 Å². The van der Waals surface area contributed by atoms with Gasteiger partial charge in [-0.3, -0.25) is 9.59 Å². The normalized spacial score (nSPS) is 14.6. The number of aromatic nitrogens is 5. The first-order valence-corrected chi connectivity index (χ1v) is 10.1. The number of carbonyl (C=O) groups is 2. The molecule has 1 aromatic carbocycles. The molecule has 1 fully saturated rings. The third-order valence-electron chi connectivity index (χ3n) is 5.39. The number of piperidine rings is 1. The first kappa shape index (κ1) is 20.6. The molecule has 0 unspecified atom stereocenters. The van der Waals surface area contributed by atoms with Gasteiger partial charge in [-0.2, -0.15) is 0 Å². The van der Waals surface area contributed by atoms with Gasteiger partial charge in [0.2, 0.25) is 5.91 Å². The SMILES string of the molecule is Cc1ccc(C(=O)NCCNC(=O)C2CCN(c3ccc4nnnn4n3)CC2)cc1F. The highest BCUT2D eigenvalue weighted by Crippen LogP contribution is 2.21. The smallest absolute Gasteiger partial charge is 0.251 e. The zero-order valence-corrected chi connectivity index (χ0v) is 17.1. The van der Waals surface area contributed by atoms with Gasteiger partial charge < -0.3 is 15.5 Å². The van der Waals surface area contributed by atoms with Crippen molar-refractivity contribution in [1.82, 2.24) is 35.9 Å². The molecule has 1 saturated heterocycles. The number of tetrazole rings is 1. The summed E-state index contributed by atoms with van der Waals surface area (Å²) in [6.07, 6.45) is 1.41. The van der Waals surface area contributed by atoms with Crippen molar-refractivity contribution in [3.8, 4) is 0 Å². The maximum Gasteiger partial charge on any atom is 0.251 e. The summed E-state index contributed by atoms with van der Waals surface area (Å²) < 4.78 is 15.0. The topological polar surface area (TPSA) is 117 Å². The third kappa shape index (κ3) is 4.76. The lowest BCUT2D eigenvalue weighted by molar-refractivity contribution is -0.125. The van der Waals surface area contributed by atoms with Crippen LogP contribution in [0.15, 0.2) is 30.3 Å². The van der Waals surface area contributed by atoms with E-state index >= 15 is 0 Å². The highest BCUT2D eigenvalue weighted by atomic mass is 19.1. The monoisotopic (exact) mass is 426 g/mol. The molecule has 11 heteroatoms. The van der Waals surface area contributed by atoms with Crippen LogP contribution in [-0.4, -0.2) is 63.2 Å². The zero-order valence-electron chi connectivity index (χ0n) is 17.1. The number of carbonyl (C=O) groups excluding carboxylic acids is 2. The lowest BCUT2D eigenvalue weighted by Crippen LogP contribution is -2.43. The van der Waals surface area contributed by atoms with Gasteiger partial charge in [-0.15, -0.1) is 14.8 Å². The van der Waals surface area contributed by atoms with Crippen molar-refractivity contribution < 1.29 is 14.0 Å². The van der Waals surface area contributed by atoms with Crippen molar-refractivity contribution in [2.75, 3.05) is 31.1 Å². The van der Waals surface area contributed by atoms with E-state index in [9.17, 15) is 14.0 Å². The maximum atomic E-state index is 13.6. The summed E-state index contributed by atoms with van der Waals surface area (Å²) in [6.45, 7) is 3.63. The number of rotatable bonds is 6. The lowest BCUT2D eigenvalue weighted by atomic mass is 9.96. The predicted molar refractivity (Wildman–Crippen MR) is 110 cm³/mol.